The maximum absolute atomic E-state index is 12.8. The Balaban J connectivity index is 2.09. The Labute approximate surface area is 157 Å². The number of anilines is 1. The number of nitrogens with zero attached hydrogens (tertiary/aromatic N) is 3. The molecule has 0 fully saturated rings. The molecule has 0 unspecified atom stereocenters. The topological polar surface area (TPSA) is 75.5 Å². The zero-order valence-electron chi connectivity index (χ0n) is 13.8. The number of amides is 1. The van der Waals surface area contributed by atoms with Gasteiger partial charge in [0.2, 0.25) is 5.28 Å². The van der Waals surface area contributed by atoms with Gasteiger partial charge in [0.05, 0.1) is 11.2 Å². The van der Waals surface area contributed by atoms with Crippen LogP contribution in [0.3, 0.4) is 0 Å². The number of halogens is 1. The van der Waals surface area contributed by atoms with Gasteiger partial charge >= 0.3 is 6.09 Å². The van der Waals surface area contributed by atoms with Crippen molar-refractivity contribution >= 4 is 56.4 Å². The lowest BCUT2D eigenvalue weighted by atomic mass is 10.2. The fourth-order valence-corrected chi connectivity index (χ4v) is 3.87. The highest BCUT2D eigenvalue weighted by Gasteiger charge is 2.28. The minimum absolute atomic E-state index is 0.00538. The molecule has 1 N–H and O–H groups in total. The summed E-state index contributed by atoms with van der Waals surface area (Å²) in [4.78, 5) is 23.5. The summed E-state index contributed by atoms with van der Waals surface area (Å²) in [6.07, 6.45) is -0.537. The number of rotatable bonds is 3. The first-order valence-corrected chi connectivity index (χ1v) is 9.55. The van der Waals surface area contributed by atoms with E-state index in [2.05, 4.69) is 9.97 Å². The highest BCUT2D eigenvalue weighted by molar-refractivity contribution is 7.18. The van der Waals surface area contributed by atoms with Gasteiger partial charge in [-0.25, -0.2) is 9.78 Å². The first-order chi connectivity index (χ1) is 11.7. The van der Waals surface area contributed by atoms with Gasteiger partial charge in [-0.15, -0.1) is 22.7 Å². The van der Waals surface area contributed by atoms with Crippen molar-refractivity contribution in [1.29, 1.82) is 0 Å². The number of hydrogen-bond donors (Lipinski definition) is 1. The Kier molecular flexibility index (Phi) is 4.86. The Morgan fingerprint density at radius 1 is 1.36 bits per heavy atom. The zero-order valence-corrected chi connectivity index (χ0v) is 16.2. The SMILES string of the molecule is CC(C)(C)OC(=O)N(Cc1cccs1)c1nc(Cl)nc2c(O)csc12. The van der Waals surface area contributed by atoms with Crippen LogP contribution in [0, 0.1) is 0 Å². The predicted molar refractivity (Wildman–Crippen MR) is 101 cm³/mol. The summed E-state index contributed by atoms with van der Waals surface area (Å²) in [6, 6.07) is 3.83. The van der Waals surface area contributed by atoms with Gasteiger partial charge in [-0.1, -0.05) is 6.07 Å². The average Bonchev–Trinajstić information content (AvgIpc) is 3.13. The van der Waals surface area contributed by atoms with Gasteiger partial charge in [0.15, 0.2) is 11.6 Å². The number of carbonyl (C=O) groups excluding carboxylic acids is 1. The summed E-state index contributed by atoms with van der Waals surface area (Å²) in [5, 5.41) is 13.4. The molecule has 0 atom stereocenters. The fraction of sp³-hybridized carbons (Fsp3) is 0.312. The molecule has 132 valence electrons. The Hall–Kier alpha value is -1.90. The number of aromatic hydroxyl groups is 1. The third-order valence-electron chi connectivity index (χ3n) is 3.12. The molecule has 0 aliphatic rings. The van der Waals surface area contributed by atoms with Crippen LogP contribution in [0.5, 0.6) is 5.75 Å². The molecule has 3 rings (SSSR count). The molecule has 0 saturated heterocycles. The summed E-state index contributed by atoms with van der Waals surface area (Å²) < 4.78 is 6.10. The molecule has 1 amide bonds. The summed E-state index contributed by atoms with van der Waals surface area (Å²) in [5.41, 5.74) is -0.335. The number of thiophene rings is 2. The first kappa shape index (κ1) is 17.9. The van der Waals surface area contributed by atoms with Crippen molar-refractivity contribution in [3.8, 4) is 5.75 Å². The van der Waals surface area contributed by atoms with Crippen molar-refractivity contribution in [1.82, 2.24) is 9.97 Å². The Bertz CT molecular complexity index is 903. The molecule has 0 aliphatic heterocycles. The van der Waals surface area contributed by atoms with Gasteiger partial charge in [0.1, 0.15) is 11.1 Å². The average molecular weight is 398 g/mol. The maximum Gasteiger partial charge on any atom is 0.416 e. The van der Waals surface area contributed by atoms with Gasteiger partial charge in [-0.2, -0.15) is 4.98 Å². The molecule has 0 saturated carbocycles. The molecule has 0 spiro atoms. The van der Waals surface area contributed by atoms with E-state index in [-0.39, 0.29) is 17.6 Å². The van der Waals surface area contributed by atoms with Crippen LogP contribution in [0.1, 0.15) is 25.6 Å². The zero-order chi connectivity index (χ0) is 18.2. The van der Waals surface area contributed by atoms with Crippen molar-refractivity contribution in [3.63, 3.8) is 0 Å². The molecule has 25 heavy (non-hydrogen) atoms. The monoisotopic (exact) mass is 397 g/mol. The number of hydrogen-bond acceptors (Lipinski definition) is 7. The van der Waals surface area contributed by atoms with E-state index in [0.29, 0.717) is 16.0 Å². The van der Waals surface area contributed by atoms with Gasteiger partial charge < -0.3 is 9.84 Å². The lowest BCUT2D eigenvalue weighted by Gasteiger charge is -2.26. The first-order valence-electron chi connectivity index (χ1n) is 7.41. The second kappa shape index (κ2) is 6.78. The third kappa shape index (κ3) is 4.02. The van der Waals surface area contributed by atoms with E-state index >= 15 is 0 Å². The smallest absolute Gasteiger partial charge is 0.416 e. The molecular weight excluding hydrogens is 382 g/mol. The van der Waals surface area contributed by atoms with Crippen molar-refractivity contribution in [2.24, 2.45) is 0 Å². The van der Waals surface area contributed by atoms with Crippen LogP contribution in [-0.2, 0) is 11.3 Å². The van der Waals surface area contributed by atoms with Crippen LogP contribution in [0.25, 0.3) is 10.2 Å². The van der Waals surface area contributed by atoms with Crippen LogP contribution >= 0.6 is 34.3 Å². The van der Waals surface area contributed by atoms with Crippen LogP contribution in [-0.4, -0.2) is 26.8 Å². The number of aromatic nitrogens is 2. The highest BCUT2D eigenvalue weighted by Crippen LogP contribution is 2.37. The van der Waals surface area contributed by atoms with Crippen LogP contribution in [0.2, 0.25) is 5.28 Å². The minimum Gasteiger partial charge on any atom is -0.505 e. The predicted octanol–water partition coefficient (Wildman–Crippen LogP) is 5.05. The second-order valence-corrected chi connectivity index (χ2v) is 8.51. The molecular formula is C16H16ClN3O3S2. The van der Waals surface area contributed by atoms with Crippen LogP contribution < -0.4 is 4.90 Å². The summed E-state index contributed by atoms with van der Waals surface area (Å²) in [7, 11) is 0. The van der Waals surface area contributed by atoms with E-state index in [1.165, 1.54) is 33.0 Å². The lowest BCUT2D eigenvalue weighted by molar-refractivity contribution is 0.0577. The van der Waals surface area contributed by atoms with E-state index in [4.69, 9.17) is 16.3 Å². The van der Waals surface area contributed by atoms with Crippen molar-refractivity contribution in [3.05, 3.63) is 33.1 Å². The Morgan fingerprint density at radius 2 is 2.12 bits per heavy atom. The maximum atomic E-state index is 12.8. The van der Waals surface area contributed by atoms with E-state index < -0.39 is 11.7 Å². The molecule has 0 aliphatic carbocycles. The van der Waals surface area contributed by atoms with E-state index in [1.54, 1.807) is 20.8 Å². The summed E-state index contributed by atoms with van der Waals surface area (Å²) >= 11 is 8.78. The largest absolute Gasteiger partial charge is 0.505 e. The summed E-state index contributed by atoms with van der Waals surface area (Å²) in [5.74, 6) is 0.328. The second-order valence-electron chi connectivity index (χ2n) is 6.26. The van der Waals surface area contributed by atoms with E-state index in [0.717, 1.165) is 4.88 Å². The van der Waals surface area contributed by atoms with E-state index in [1.807, 2.05) is 17.5 Å². The molecule has 6 nitrogen and oxygen atoms in total. The van der Waals surface area contributed by atoms with Crippen molar-refractivity contribution in [2.45, 2.75) is 32.9 Å². The van der Waals surface area contributed by atoms with Gasteiger partial charge in [-0.3, -0.25) is 4.90 Å². The molecule has 3 heterocycles. The fourth-order valence-electron chi connectivity index (χ4n) is 2.15. The van der Waals surface area contributed by atoms with Crippen LogP contribution in [0.4, 0.5) is 10.6 Å². The quantitative estimate of drug-likeness (QED) is 0.625. The summed E-state index contributed by atoms with van der Waals surface area (Å²) in [6.45, 7) is 5.68. The van der Waals surface area contributed by atoms with Crippen LogP contribution in [0.15, 0.2) is 22.9 Å². The molecule has 0 aromatic carbocycles. The number of fused-ring (bicyclic) bond motifs is 1. The van der Waals surface area contributed by atoms with Crippen molar-refractivity contribution < 1.29 is 14.6 Å². The van der Waals surface area contributed by atoms with Crippen molar-refractivity contribution in [2.75, 3.05) is 4.90 Å². The number of ether oxygens (including phenoxy) is 1. The molecule has 3 aromatic heterocycles. The molecule has 0 bridgehead atoms. The Morgan fingerprint density at radius 3 is 2.76 bits per heavy atom. The van der Waals surface area contributed by atoms with Gasteiger partial charge in [0, 0.05) is 10.3 Å². The van der Waals surface area contributed by atoms with E-state index in [9.17, 15) is 9.90 Å². The molecule has 3 aromatic rings. The molecule has 0 radical (unpaired) electrons. The molecule has 9 heteroatoms. The standard InChI is InChI=1S/C16H16ClN3O3S2/c1-16(2,3)23-15(22)20(7-9-5-4-6-24-9)13-12-11(10(21)8-25-12)18-14(17)19-13/h4-6,8,21H,7H2,1-3H3. The normalized spacial score (nSPS) is 11.7. The lowest BCUT2D eigenvalue weighted by Crippen LogP contribution is -2.37. The number of carbonyl (C=O) groups is 1. The van der Waals surface area contributed by atoms with Gasteiger partial charge in [0.25, 0.3) is 0 Å². The third-order valence-corrected chi connectivity index (χ3v) is 5.10. The van der Waals surface area contributed by atoms with Gasteiger partial charge in [-0.05, 0) is 43.8 Å². The minimum atomic E-state index is -0.654. The highest BCUT2D eigenvalue weighted by atomic mass is 35.5.